The summed E-state index contributed by atoms with van der Waals surface area (Å²) >= 11 is 0. The average Bonchev–Trinajstić information content (AvgIpc) is 3.01. The minimum Gasteiger partial charge on any atom is -0.441 e. The topological polar surface area (TPSA) is 53.1 Å². The van der Waals surface area contributed by atoms with Crippen molar-refractivity contribution in [2.24, 2.45) is 0 Å². The van der Waals surface area contributed by atoms with E-state index in [1.807, 2.05) is 42.5 Å². The van der Waals surface area contributed by atoms with Crippen LogP contribution in [0.3, 0.4) is 0 Å². The molecular formula is C20H21N3O. The zero-order valence-corrected chi connectivity index (χ0v) is 14.3. The summed E-state index contributed by atoms with van der Waals surface area (Å²) < 4.78 is 5.84. The molecule has 0 aliphatic carbocycles. The van der Waals surface area contributed by atoms with Crippen LogP contribution in [0.1, 0.15) is 25.3 Å². The van der Waals surface area contributed by atoms with Gasteiger partial charge < -0.3 is 9.32 Å². The number of likely N-dealkylation sites (N-methyl/N-ethyl adjacent to an activating group) is 1. The quantitative estimate of drug-likeness (QED) is 0.705. The molecule has 0 amide bonds. The molecule has 0 aliphatic heterocycles. The van der Waals surface area contributed by atoms with Crippen molar-refractivity contribution in [2.45, 2.75) is 26.3 Å². The lowest BCUT2D eigenvalue weighted by molar-refractivity contribution is 0.270. The Morgan fingerprint density at radius 1 is 1.12 bits per heavy atom. The predicted octanol–water partition coefficient (Wildman–Crippen LogP) is 4.25. The number of benzene rings is 2. The van der Waals surface area contributed by atoms with Gasteiger partial charge in [0.2, 0.25) is 0 Å². The van der Waals surface area contributed by atoms with Gasteiger partial charge in [-0.15, -0.1) is 0 Å². The van der Waals surface area contributed by atoms with E-state index in [4.69, 9.17) is 9.68 Å². The van der Waals surface area contributed by atoms with E-state index in [-0.39, 0.29) is 0 Å². The molecule has 3 rings (SSSR count). The second-order valence-corrected chi connectivity index (χ2v) is 6.30. The van der Waals surface area contributed by atoms with Gasteiger partial charge in [-0.2, -0.15) is 5.26 Å². The van der Waals surface area contributed by atoms with E-state index in [0.717, 1.165) is 41.1 Å². The van der Waals surface area contributed by atoms with Crippen LogP contribution in [0.15, 0.2) is 46.9 Å². The van der Waals surface area contributed by atoms with Crippen LogP contribution in [0.4, 0.5) is 0 Å². The second kappa shape index (κ2) is 6.86. The van der Waals surface area contributed by atoms with Gasteiger partial charge in [-0.25, -0.2) is 4.98 Å². The van der Waals surface area contributed by atoms with Crippen molar-refractivity contribution in [1.82, 2.24) is 9.88 Å². The Kier molecular flexibility index (Phi) is 4.64. The third-order valence-electron chi connectivity index (χ3n) is 4.34. The molecule has 0 bridgehead atoms. The van der Waals surface area contributed by atoms with Crippen LogP contribution in [-0.4, -0.2) is 29.5 Å². The molecule has 0 saturated heterocycles. The molecule has 1 aromatic heterocycles. The van der Waals surface area contributed by atoms with E-state index in [1.165, 1.54) is 0 Å². The molecule has 4 heteroatoms. The van der Waals surface area contributed by atoms with E-state index in [1.54, 1.807) is 0 Å². The van der Waals surface area contributed by atoms with Crippen LogP contribution >= 0.6 is 0 Å². The molecule has 0 atom stereocenters. The molecule has 4 nitrogen and oxygen atoms in total. The highest BCUT2D eigenvalue weighted by atomic mass is 16.3. The second-order valence-electron chi connectivity index (χ2n) is 6.30. The van der Waals surface area contributed by atoms with Gasteiger partial charge in [0, 0.05) is 19.0 Å². The molecule has 0 radical (unpaired) electrons. The Morgan fingerprint density at radius 3 is 2.50 bits per heavy atom. The highest BCUT2D eigenvalue weighted by molar-refractivity contribution is 5.80. The number of hydrogen-bond acceptors (Lipinski definition) is 4. The molecule has 0 aliphatic rings. The zero-order chi connectivity index (χ0) is 17.1. The van der Waals surface area contributed by atoms with Gasteiger partial charge in [0.25, 0.3) is 0 Å². The Hall–Kier alpha value is -2.64. The van der Waals surface area contributed by atoms with Crippen molar-refractivity contribution in [3.8, 4) is 17.2 Å². The molecule has 2 aromatic carbocycles. The molecule has 0 spiro atoms. The van der Waals surface area contributed by atoms with Crippen molar-refractivity contribution in [3.05, 3.63) is 53.9 Å². The SMILES string of the molecule is CC(C)N(C)CCc1nc2cc(-c3ccc(C#N)cc3)ccc2o1. The molecule has 24 heavy (non-hydrogen) atoms. The number of nitrogens with zero attached hydrogens (tertiary/aromatic N) is 3. The normalized spacial score (nSPS) is 11.3. The predicted molar refractivity (Wildman–Crippen MR) is 95.6 cm³/mol. The van der Waals surface area contributed by atoms with E-state index < -0.39 is 0 Å². The van der Waals surface area contributed by atoms with Crippen LogP contribution in [0.25, 0.3) is 22.2 Å². The first kappa shape index (κ1) is 16.2. The van der Waals surface area contributed by atoms with Gasteiger partial charge in [-0.1, -0.05) is 18.2 Å². The van der Waals surface area contributed by atoms with Crippen molar-refractivity contribution < 1.29 is 4.42 Å². The lowest BCUT2D eigenvalue weighted by atomic mass is 10.0. The molecule has 0 saturated carbocycles. The number of oxazole rings is 1. The summed E-state index contributed by atoms with van der Waals surface area (Å²) in [7, 11) is 2.11. The van der Waals surface area contributed by atoms with Gasteiger partial charge in [0.1, 0.15) is 5.52 Å². The summed E-state index contributed by atoms with van der Waals surface area (Å²) in [5.41, 5.74) is 4.50. The Morgan fingerprint density at radius 2 is 1.83 bits per heavy atom. The molecule has 0 fully saturated rings. The highest BCUT2D eigenvalue weighted by Gasteiger charge is 2.10. The van der Waals surface area contributed by atoms with Crippen molar-refractivity contribution in [3.63, 3.8) is 0 Å². The summed E-state index contributed by atoms with van der Waals surface area (Å²) in [6, 6.07) is 16.2. The van der Waals surface area contributed by atoms with Crippen LogP contribution in [-0.2, 0) is 6.42 Å². The average molecular weight is 319 g/mol. The summed E-state index contributed by atoms with van der Waals surface area (Å²) in [5, 5.41) is 8.89. The minimum absolute atomic E-state index is 0.511. The van der Waals surface area contributed by atoms with Crippen molar-refractivity contribution in [2.75, 3.05) is 13.6 Å². The van der Waals surface area contributed by atoms with Crippen molar-refractivity contribution in [1.29, 1.82) is 5.26 Å². The Labute approximate surface area is 142 Å². The third kappa shape index (κ3) is 3.47. The van der Waals surface area contributed by atoms with Gasteiger partial charge >= 0.3 is 0 Å². The Balaban J connectivity index is 1.82. The molecule has 0 unspecified atom stereocenters. The number of hydrogen-bond donors (Lipinski definition) is 0. The first-order valence-electron chi connectivity index (χ1n) is 8.17. The van der Waals surface area contributed by atoms with E-state index in [2.05, 4.69) is 36.8 Å². The number of rotatable bonds is 5. The zero-order valence-electron chi connectivity index (χ0n) is 14.3. The fraction of sp³-hybridized carbons (Fsp3) is 0.300. The first-order chi connectivity index (χ1) is 11.6. The van der Waals surface area contributed by atoms with E-state index in [0.29, 0.717) is 11.6 Å². The van der Waals surface area contributed by atoms with Crippen LogP contribution in [0.2, 0.25) is 0 Å². The summed E-state index contributed by atoms with van der Waals surface area (Å²) in [4.78, 5) is 6.89. The van der Waals surface area contributed by atoms with Crippen molar-refractivity contribution >= 4 is 11.1 Å². The van der Waals surface area contributed by atoms with E-state index in [9.17, 15) is 0 Å². The fourth-order valence-corrected chi connectivity index (χ4v) is 2.53. The van der Waals surface area contributed by atoms with Gasteiger partial charge in [0.05, 0.1) is 11.6 Å². The number of fused-ring (bicyclic) bond motifs is 1. The maximum Gasteiger partial charge on any atom is 0.196 e. The molecule has 3 aromatic rings. The summed E-state index contributed by atoms with van der Waals surface area (Å²) in [6.07, 6.45) is 0.801. The lowest BCUT2D eigenvalue weighted by Gasteiger charge is -2.19. The minimum atomic E-state index is 0.511. The van der Waals surface area contributed by atoms with E-state index >= 15 is 0 Å². The smallest absolute Gasteiger partial charge is 0.196 e. The highest BCUT2D eigenvalue weighted by Crippen LogP contribution is 2.25. The summed E-state index contributed by atoms with van der Waals surface area (Å²) in [6.45, 7) is 5.28. The lowest BCUT2D eigenvalue weighted by Crippen LogP contribution is -2.28. The first-order valence-corrected chi connectivity index (χ1v) is 8.17. The van der Waals surface area contributed by atoms with Crippen LogP contribution < -0.4 is 0 Å². The molecule has 1 heterocycles. The maximum atomic E-state index is 8.89. The van der Waals surface area contributed by atoms with Gasteiger partial charge in [-0.3, -0.25) is 0 Å². The van der Waals surface area contributed by atoms with Crippen LogP contribution in [0.5, 0.6) is 0 Å². The standard InChI is InChI=1S/C20H21N3O/c1-14(2)23(3)11-10-20-22-18-12-17(8-9-19(18)24-20)16-6-4-15(13-21)5-7-16/h4-9,12,14H,10-11H2,1-3H3. The molecule has 0 N–H and O–H groups in total. The summed E-state index contributed by atoms with van der Waals surface area (Å²) in [5.74, 6) is 0.773. The molecule has 122 valence electrons. The van der Waals surface area contributed by atoms with Crippen LogP contribution in [0, 0.1) is 11.3 Å². The monoisotopic (exact) mass is 319 g/mol. The Bertz CT molecular complexity index is 872. The number of aromatic nitrogens is 1. The van der Waals surface area contributed by atoms with Gasteiger partial charge in [-0.05, 0) is 56.3 Å². The fourth-order valence-electron chi connectivity index (χ4n) is 2.53. The third-order valence-corrected chi connectivity index (χ3v) is 4.34. The largest absolute Gasteiger partial charge is 0.441 e. The molecular weight excluding hydrogens is 298 g/mol. The maximum absolute atomic E-state index is 8.89. The van der Waals surface area contributed by atoms with Gasteiger partial charge in [0.15, 0.2) is 11.5 Å². The number of nitriles is 1.